The Labute approximate surface area is 150 Å². The summed E-state index contributed by atoms with van der Waals surface area (Å²) in [7, 11) is 0. The number of nitrogens with zero attached hydrogens (tertiary/aromatic N) is 3. The van der Waals surface area contributed by atoms with Crippen molar-refractivity contribution in [2.24, 2.45) is 10.7 Å². The molecule has 14 heteroatoms. The van der Waals surface area contributed by atoms with E-state index in [0.717, 1.165) is 16.3 Å². The maximum Gasteiger partial charge on any atom is 0.455 e. The van der Waals surface area contributed by atoms with E-state index in [9.17, 15) is 39.9 Å². The van der Waals surface area contributed by atoms with Gasteiger partial charge in [0.1, 0.15) is 6.54 Å². The van der Waals surface area contributed by atoms with Gasteiger partial charge in [0.25, 0.3) is 5.56 Å². The van der Waals surface area contributed by atoms with Crippen molar-refractivity contribution < 1.29 is 35.1 Å². The summed E-state index contributed by atoms with van der Waals surface area (Å²) < 4.78 is 103. The van der Waals surface area contributed by atoms with Crippen LogP contribution >= 0.6 is 11.8 Å². The van der Waals surface area contributed by atoms with Crippen LogP contribution < -0.4 is 11.3 Å². The molecule has 150 valence electrons. The molecule has 1 aromatic heterocycles. The zero-order valence-electron chi connectivity index (χ0n) is 13.0. The minimum absolute atomic E-state index is 0.0537. The van der Waals surface area contributed by atoms with Crippen molar-refractivity contribution in [2.75, 3.05) is 12.3 Å². The van der Waals surface area contributed by atoms with E-state index >= 15 is 0 Å². The summed E-state index contributed by atoms with van der Waals surface area (Å²) in [6, 6.07) is 0. The van der Waals surface area contributed by atoms with Crippen molar-refractivity contribution >= 4 is 23.5 Å². The highest BCUT2D eigenvalue weighted by Crippen LogP contribution is 2.36. The lowest BCUT2D eigenvalue weighted by atomic mass is 10.1. The number of rotatable bonds is 4. The fraction of sp³-hybridized carbons (Fsp3) is 0.462. The number of fused-ring (bicyclic) bond motifs is 1. The molecule has 0 spiro atoms. The molecule has 0 unspecified atom stereocenters. The van der Waals surface area contributed by atoms with Crippen molar-refractivity contribution in [3.8, 4) is 0 Å². The van der Waals surface area contributed by atoms with E-state index in [1.165, 1.54) is 0 Å². The van der Waals surface area contributed by atoms with E-state index in [-0.39, 0.29) is 23.7 Å². The van der Waals surface area contributed by atoms with Crippen LogP contribution in [0.4, 0.5) is 35.1 Å². The van der Waals surface area contributed by atoms with Crippen molar-refractivity contribution in [1.82, 2.24) is 9.55 Å². The summed E-state index contributed by atoms with van der Waals surface area (Å²) in [5.41, 5.74) is 0.532. The number of aliphatic imine (C=N–C) groups is 1. The molecule has 0 amide bonds. The molecule has 2 rings (SSSR count). The summed E-state index contributed by atoms with van der Waals surface area (Å²) in [5.74, 6) is -4.91. The lowest BCUT2D eigenvalue weighted by Gasteiger charge is -2.17. The Morgan fingerprint density at radius 2 is 1.85 bits per heavy atom. The van der Waals surface area contributed by atoms with Gasteiger partial charge < -0.3 is 5.73 Å². The maximum atomic E-state index is 13.3. The highest BCUT2D eigenvalue weighted by Gasteiger charge is 2.57. The van der Waals surface area contributed by atoms with Crippen LogP contribution in [0.2, 0.25) is 0 Å². The van der Waals surface area contributed by atoms with Crippen molar-refractivity contribution in [1.29, 1.82) is 0 Å². The number of nitrogens with two attached hydrogens (primary N) is 1. The second-order valence-corrected chi connectivity index (χ2v) is 6.28. The first kappa shape index (κ1) is 21.2. The predicted octanol–water partition coefficient (Wildman–Crippen LogP) is 2.94. The molecule has 0 aromatic carbocycles. The van der Waals surface area contributed by atoms with Crippen LogP contribution in [0, 0.1) is 0 Å². The third kappa shape index (κ3) is 4.25. The van der Waals surface area contributed by atoms with Crippen LogP contribution in [0.1, 0.15) is 11.3 Å². The van der Waals surface area contributed by atoms with Gasteiger partial charge >= 0.3 is 18.3 Å². The Morgan fingerprint density at radius 3 is 2.37 bits per heavy atom. The van der Waals surface area contributed by atoms with Crippen molar-refractivity contribution in [2.45, 2.75) is 30.0 Å². The van der Waals surface area contributed by atoms with E-state index < -0.39 is 47.2 Å². The smallest absolute Gasteiger partial charge is 0.404 e. The number of aromatic nitrogens is 2. The van der Waals surface area contributed by atoms with Gasteiger partial charge in [-0.05, 0) is 0 Å². The van der Waals surface area contributed by atoms with E-state index in [1.807, 2.05) is 0 Å². The van der Waals surface area contributed by atoms with E-state index in [0.29, 0.717) is 6.20 Å². The van der Waals surface area contributed by atoms with Gasteiger partial charge in [0, 0.05) is 30.3 Å². The molecule has 0 aliphatic carbocycles. The summed E-state index contributed by atoms with van der Waals surface area (Å²) in [4.78, 5) is 18.6. The van der Waals surface area contributed by atoms with Gasteiger partial charge in [-0.15, -0.1) is 0 Å². The standard InChI is InChI=1S/C13H10F8N4OS/c14-11(15,13(19,20)21)5-23-4-6(3-22)7-8(12(16,17)18)24-10-25(9(7)26)1-2-27-10/h3-4H,1-2,5,22H2. The van der Waals surface area contributed by atoms with Gasteiger partial charge in [-0.1, -0.05) is 11.8 Å². The molecule has 0 saturated heterocycles. The summed E-state index contributed by atoms with van der Waals surface area (Å²) in [5, 5.41) is -0.187. The number of halogens is 8. The van der Waals surface area contributed by atoms with Crippen LogP contribution in [0.5, 0.6) is 0 Å². The van der Waals surface area contributed by atoms with Crippen LogP contribution in [-0.4, -0.2) is 40.2 Å². The maximum absolute atomic E-state index is 13.3. The molecule has 1 aliphatic rings. The molecule has 0 saturated carbocycles. The van der Waals surface area contributed by atoms with E-state index in [2.05, 4.69) is 9.98 Å². The molecular formula is C13H10F8N4OS. The average molecular weight is 422 g/mol. The predicted molar refractivity (Wildman–Crippen MR) is 80.7 cm³/mol. The molecule has 0 atom stereocenters. The molecule has 27 heavy (non-hydrogen) atoms. The summed E-state index contributed by atoms with van der Waals surface area (Å²) >= 11 is 0.908. The Balaban J connectivity index is 2.49. The van der Waals surface area contributed by atoms with E-state index in [4.69, 9.17) is 5.73 Å². The molecule has 2 heterocycles. The second-order valence-electron chi connectivity index (χ2n) is 5.21. The van der Waals surface area contributed by atoms with Crippen LogP contribution in [0.3, 0.4) is 0 Å². The SMILES string of the molecule is NC=C(C=NCC(F)(F)C(F)(F)F)c1c(C(F)(F)F)nc2n(c1=O)CCS2. The number of allylic oxidation sites excluding steroid dienone is 1. The lowest BCUT2D eigenvalue weighted by Crippen LogP contribution is -2.39. The Bertz CT molecular complexity index is 840. The highest BCUT2D eigenvalue weighted by atomic mass is 32.2. The second kappa shape index (κ2) is 7.13. The van der Waals surface area contributed by atoms with Gasteiger partial charge in [-0.25, -0.2) is 4.98 Å². The summed E-state index contributed by atoms with van der Waals surface area (Å²) in [6.45, 7) is -2.02. The van der Waals surface area contributed by atoms with Gasteiger partial charge in [-0.2, -0.15) is 35.1 Å². The van der Waals surface area contributed by atoms with Gasteiger partial charge in [0.15, 0.2) is 10.9 Å². The number of hydrogen-bond acceptors (Lipinski definition) is 5. The van der Waals surface area contributed by atoms with E-state index in [1.54, 1.807) is 0 Å². The monoisotopic (exact) mass is 422 g/mol. The van der Waals surface area contributed by atoms with Crippen LogP contribution in [0.15, 0.2) is 21.1 Å². The number of hydrogen-bond donors (Lipinski definition) is 1. The Hall–Kier alpha value is -2.12. The van der Waals surface area contributed by atoms with Gasteiger partial charge in [-0.3, -0.25) is 14.4 Å². The van der Waals surface area contributed by atoms with Crippen molar-refractivity contribution in [3.63, 3.8) is 0 Å². The molecule has 1 aliphatic heterocycles. The third-order valence-electron chi connectivity index (χ3n) is 3.35. The third-order valence-corrected chi connectivity index (χ3v) is 4.31. The minimum atomic E-state index is -5.89. The minimum Gasteiger partial charge on any atom is -0.404 e. The molecule has 2 N–H and O–H groups in total. The largest absolute Gasteiger partial charge is 0.455 e. The topological polar surface area (TPSA) is 73.3 Å². The van der Waals surface area contributed by atoms with Crippen LogP contribution in [0.25, 0.3) is 5.57 Å². The molecule has 0 radical (unpaired) electrons. The molecule has 0 bridgehead atoms. The number of thioether (sulfide) groups is 1. The zero-order chi connectivity index (χ0) is 20.6. The quantitative estimate of drug-likeness (QED) is 0.460. The van der Waals surface area contributed by atoms with Gasteiger partial charge in [0.2, 0.25) is 0 Å². The zero-order valence-corrected chi connectivity index (χ0v) is 13.9. The number of alkyl halides is 8. The lowest BCUT2D eigenvalue weighted by molar-refractivity contribution is -0.276. The Kier molecular flexibility index (Phi) is 5.59. The first-order valence-electron chi connectivity index (χ1n) is 7.01. The molecule has 5 nitrogen and oxygen atoms in total. The first-order valence-corrected chi connectivity index (χ1v) is 7.99. The first-order chi connectivity index (χ1) is 12.3. The molecular weight excluding hydrogens is 412 g/mol. The summed E-state index contributed by atoms with van der Waals surface area (Å²) in [6.07, 6.45) is -10.3. The highest BCUT2D eigenvalue weighted by molar-refractivity contribution is 7.99. The molecule has 0 fully saturated rings. The fourth-order valence-corrected chi connectivity index (χ4v) is 3.02. The van der Waals surface area contributed by atoms with Gasteiger partial charge in [0.05, 0.1) is 5.56 Å². The van der Waals surface area contributed by atoms with Crippen molar-refractivity contribution in [3.05, 3.63) is 27.8 Å². The fourth-order valence-electron chi connectivity index (χ4n) is 2.08. The normalized spacial score (nSPS) is 16.2. The Morgan fingerprint density at radius 1 is 1.22 bits per heavy atom. The average Bonchev–Trinajstić information content (AvgIpc) is 2.99. The van der Waals surface area contributed by atoms with Crippen LogP contribution in [-0.2, 0) is 12.7 Å². The molecule has 1 aromatic rings.